The number of halogens is 2. The number of nitrogens with zero attached hydrogens (tertiary/aromatic N) is 1. The molecule has 0 aliphatic carbocycles. The molecule has 0 radical (unpaired) electrons. The summed E-state index contributed by atoms with van der Waals surface area (Å²) in [5, 5.41) is 4.28. The Balaban J connectivity index is 2.11. The molecule has 1 amide bonds. The van der Waals surface area contributed by atoms with Crippen molar-refractivity contribution in [1.82, 2.24) is 5.43 Å². The van der Waals surface area contributed by atoms with E-state index in [0.717, 1.165) is 6.42 Å². The summed E-state index contributed by atoms with van der Waals surface area (Å²) >= 11 is 6.28. The van der Waals surface area contributed by atoms with Gasteiger partial charge in [0.15, 0.2) is 11.5 Å². The van der Waals surface area contributed by atoms with Crippen molar-refractivity contribution in [1.29, 1.82) is 0 Å². The Morgan fingerprint density at radius 3 is 2.65 bits per heavy atom. The SMILES string of the molecule is CC[C@@H](C)Oc1c(Cl)cc(/C=N\NC(=O)c2ccc(F)cc2)cc1OC. The first-order valence-corrected chi connectivity index (χ1v) is 8.45. The van der Waals surface area contributed by atoms with Crippen molar-refractivity contribution in [3.63, 3.8) is 0 Å². The van der Waals surface area contributed by atoms with Crippen LogP contribution in [-0.2, 0) is 0 Å². The highest BCUT2D eigenvalue weighted by atomic mass is 35.5. The predicted molar refractivity (Wildman–Crippen MR) is 99.8 cm³/mol. The van der Waals surface area contributed by atoms with Crippen LogP contribution in [-0.4, -0.2) is 25.3 Å². The maximum absolute atomic E-state index is 12.9. The molecule has 26 heavy (non-hydrogen) atoms. The first kappa shape index (κ1) is 19.7. The molecule has 0 aliphatic rings. The molecule has 5 nitrogen and oxygen atoms in total. The van der Waals surface area contributed by atoms with Crippen molar-refractivity contribution in [3.05, 3.63) is 58.4 Å². The summed E-state index contributed by atoms with van der Waals surface area (Å²) in [4.78, 5) is 11.9. The molecule has 1 N–H and O–H groups in total. The molecule has 138 valence electrons. The monoisotopic (exact) mass is 378 g/mol. The molecular formula is C19H20ClFN2O3. The third-order valence-corrected chi connectivity index (χ3v) is 3.91. The van der Waals surface area contributed by atoms with Gasteiger partial charge in [0.05, 0.1) is 24.5 Å². The number of nitrogens with one attached hydrogen (secondary N) is 1. The third kappa shape index (κ3) is 5.20. The first-order valence-electron chi connectivity index (χ1n) is 8.07. The number of methoxy groups -OCH3 is 1. The van der Waals surface area contributed by atoms with E-state index in [9.17, 15) is 9.18 Å². The Hall–Kier alpha value is -2.60. The van der Waals surface area contributed by atoms with E-state index < -0.39 is 11.7 Å². The highest BCUT2D eigenvalue weighted by molar-refractivity contribution is 6.32. The van der Waals surface area contributed by atoms with Crippen LogP contribution in [0.25, 0.3) is 0 Å². The van der Waals surface area contributed by atoms with Crippen molar-refractivity contribution in [2.45, 2.75) is 26.4 Å². The van der Waals surface area contributed by atoms with Crippen molar-refractivity contribution < 1.29 is 18.7 Å². The number of hydrogen-bond acceptors (Lipinski definition) is 4. The molecule has 0 aliphatic heterocycles. The average molecular weight is 379 g/mol. The summed E-state index contributed by atoms with van der Waals surface area (Å²) in [5.74, 6) is 0.0858. The average Bonchev–Trinajstić information content (AvgIpc) is 2.63. The van der Waals surface area contributed by atoms with Crippen LogP contribution in [0, 0.1) is 5.82 Å². The number of benzene rings is 2. The summed E-state index contributed by atoms with van der Waals surface area (Å²) in [5.41, 5.74) is 3.30. The molecule has 0 unspecified atom stereocenters. The molecule has 1 atom stereocenters. The van der Waals surface area contributed by atoms with E-state index in [1.54, 1.807) is 12.1 Å². The summed E-state index contributed by atoms with van der Waals surface area (Å²) in [6.45, 7) is 3.95. The van der Waals surface area contributed by atoms with Crippen molar-refractivity contribution in [2.24, 2.45) is 5.10 Å². The highest BCUT2D eigenvalue weighted by Crippen LogP contribution is 2.37. The van der Waals surface area contributed by atoms with Gasteiger partial charge in [0, 0.05) is 5.56 Å². The number of hydrogen-bond donors (Lipinski definition) is 1. The lowest BCUT2D eigenvalue weighted by Gasteiger charge is -2.17. The lowest BCUT2D eigenvalue weighted by atomic mass is 10.2. The van der Waals surface area contributed by atoms with Crippen LogP contribution in [0.1, 0.15) is 36.2 Å². The second-order valence-electron chi connectivity index (χ2n) is 5.58. The molecule has 7 heteroatoms. The maximum Gasteiger partial charge on any atom is 0.271 e. The normalized spacial score (nSPS) is 12.0. The highest BCUT2D eigenvalue weighted by Gasteiger charge is 2.14. The minimum atomic E-state index is -0.448. The molecule has 0 spiro atoms. The largest absolute Gasteiger partial charge is 0.493 e. The van der Waals surface area contributed by atoms with E-state index >= 15 is 0 Å². The zero-order valence-electron chi connectivity index (χ0n) is 14.8. The van der Waals surface area contributed by atoms with E-state index in [-0.39, 0.29) is 6.10 Å². The van der Waals surface area contributed by atoms with Crippen LogP contribution < -0.4 is 14.9 Å². The van der Waals surface area contributed by atoms with Gasteiger partial charge in [-0.15, -0.1) is 0 Å². The van der Waals surface area contributed by atoms with Crippen LogP contribution in [0.15, 0.2) is 41.5 Å². The van der Waals surface area contributed by atoms with Crippen LogP contribution in [0.3, 0.4) is 0 Å². The molecule has 0 saturated heterocycles. The van der Waals surface area contributed by atoms with Crippen molar-refractivity contribution in [3.8, 4) is 11.5 Å². The number of ether oxygens (including phenoxy) is 2. The Kier molecular flexibility index (Phi) is 6.97. The Morgan fingerprint density at radius 1 is 1.35 bits per heavy atom. The topological polar surface area (TPSA) is 59.9 Å². The number of amides is 1. The lowest BCUT2D eigenvalue weighted by molar-refractivity contribution is 0.0955. The van der Waals surface area contributed by atoms with E-state index in [2.05, 4.69) is 10.5 Å². The van der Waals surface area contributed by atoms with Gasteiger partial charge >= 0.3 is 0 Å². The summed E-state index contributed by atoms with van der Waals surface area (Å²) in [7, 11) is 1.52. The molecule has 0 saturated carbocycles. The standard InChI is InChI=1S/C19H20ClFN2O3/c1-4-12(2)26-18-16(20)9-13(10-17(18)25-3)11-22-23-19(24)14-5-7-15(21)8-6-14/h5-12H,4H2,1-3H3,(H,23,24)/b22-11-/t12-/m1/s1. The first-order chi connectivity index (χ1) is 12.4. The minimum absolute atomic E-state index is 0.00378. The second-order valence-corrected chi connectivity index (χ2v) is 5.98. The molecule has 2 rings (SSSR count). The van der Waals surface area contributed by atoms with Gasteiger partial charge in [-0.3, -0.25) is 4.79 Å². The van der Waals surface area contributed by atoms with Crippen LogP contribution in [0.5, 0.6) is 11.5 Å². The second kappa shape index (κ2) is 9.20. The fourth-order valence-corrected chi connectivity index (χ4v) is 2.31. The van der Waals surface area contributed by atoms with Crippen LogP contribution in [0.4, 0.5) is 4.39 Å². The van der Waals surface area contributed by atoms with E-state index in [1.165, 1.54) is 37.6 Å². The Bertz CT molecular complexity index is 794. The zero-order valence-corrected chi connectivity index (χ0v) is 15.5. The Morgan fingerprint density at radius 2 is 2.04 bits per heavy atom. The molecule has 0 bridgehead atoms. The number of hydrazone groups is 1. The quantitative estimate of drug-likeness (QED) is 0.572. The number of rotatable bonds is 7. The van der Waals surface area contributed by atoms with Gasteiger partial charge in [-0.2, -0.15) is 5.10 Å². The van der Waals surface area contributed by atoms with Crippen molar-refractivity contribution >= 4 is 23.7 Å². The fourth-order valence-electron chi connectivity index (χ4n) is 2.04. The van der Waals surface area contributed by atoms with E-state index in [1.807, 2.05) is 13.8 Å². The Labute approximate surface area is 156 Å². The molecule has 0 fully saturated rings. The molecular weight excluding hydrogens is 359 g/mol. The van der Waals surface area contributed by atoms with E-state index in [0.29, 0.717) is 27.6 Å². The number of carbonyl (C=O) groups excluding carboxylic acids is 1. The van der Waals surface area contributed by atoms with Gasteiger partial charge in [-0.05, 0) is 55.3 Å². The van der Waals surface area contributed by atoms with Gasteiger partial charge in [0.1, 0.15) is 5.82 Å². The summed E-state index contributed by atoms with van der Waals surface area (Å²) < 4.78 is 24.0. The zero-order chi connectivity index (χ0) is 19.1. The van der Waals surface area contributed by atoms with Crippen LogP contribution >= 0.6 is 11.6 Å². The van der Waals surface area contributed by atoms with Gasteiger partial charge in [-0.25, -0.2) is 9.82 Å². The van der Waals surface area contributed by atoms with Crippen molar-refractivity contribution in [2.75, 3.05) is 7.11 Å². The predicted octanol–water partition coefficient (Wildman–Crippen LogP) is 4.43. The third-order valence-electron chi connectivity index (χ3n) is 3.63. The minimum Gasteiger partial charge on any atom is -0.493 e. The van der Waals surface area contributed by atoms with Gasteiger partial charge < -0.3 is 9.47 Å². The summed E-state index contributed by atoms with van der Waals surface area (Å²) in [6, 6.07) is 8.53. The molecule has 2 aromatic rings. The van der Waals surface area contributed by atoms with Crippen LogP contribution in [0.2, 0.25) is 5.02 Å². The summed E-state index contributed by atoms with van der Waals surface area (Å²) in [6.07, 6.45) is 2.26. The van der Waals surface area contributed by atoms with Gasteiger partial charge in [-0.1, -0.05) is 18.5 Å². The van der Waals surface area contributed by atoms with Gasteiger partial charge in [0.25, 0.3) is 5.91 Å². The smallest absolute Gasteiger partial charge is 0.271 e. The molecule has 0 aromatic heterocycles. The molecule has 0 heterocycles. The van der Waals surface area contributed by atoms with Gasteiger partial charge in [0.2, 0.25) is 0 Å². The van der Waals surface area contributed by atoms with E-state index in [4.69, 9.17) is 21.1 Å². The number of carbonyl (C=O) groups is 1. The maximum atomic E-state index is 12.9. The lowest BCUT2D eigenvalue weighted by Crippen LogP contribution is -2.17. The molecule has 2 aromatic carbocycles. The fraction of sp³-hybridized carbons (Fsp3) is 0.263.